The van der Waals surface area contributed by atoms with Crippen LogP contribution in [0.25, 0.3) is 0 Å². The van der Waals surface area contributed by atoms with E-state index in [4.69, 9.17) is 9.15 Å². The van der Waals surface area contributed by atoms with Gasteiger partial charge in [-0.3, -0.25) is 4.79 Å². The van der Waals surface area contributed by atoms with Gasteiger partial charge < -0.3 is 14.5 Å². The predicted molar refractivity (Wildman–Crippen MR) is 98.0 cm³/mol. The second-order valence-electron chi connectivity index (χ2n) is 8.13. The van der Waals surface area contributed by atoms with Gasteiger partial charge in [0.1, 0.15) is 17.2 Å². The minimum Gasteiger partial charge on any atom is -0.469 e. The molecule has 6 heteroatoms. The number of amides is 1. The molecule has 2 aromatic rings. The van der Waals surface area contributed by atoms with Gasteiger partial charge in [-0.25, -0.2) is 9.18 Å². The number of carbonyl (C=O) groups excluding carboxylic acids is 2. The Morgan fingerprint density at radius 3 is 2.56 bits per heavy atom. The van der Waals surface area contributed by atoms with E-state index in [1.165, 1.54) is 18.4 Å². The van der Waals surface area contributed by atoms with Crippen LogP contribution in [0.2, 0.25) is 0 Å². The minimum atomic E-state index is -0.911. The van der Waals surface area contributed by atoms with E-state index in [1.54, 1.807) is 39.0 Å². The summed E-state index contributed by atoms with van der Waals surface area (Å²) in [6.07, 6.45) is 1.95. The van der Waals surface area contributed by atoms with Crippen LogP contribution in [0.15, 0.2) is 41.0 Å². The highest BCUT2D eigenvalue weighted by atomic mass is 19.1. The van der Waals surface area contributed by atoms with Crippen molar-refractivity contribution in [3.05, 3.63) is 59.3 Å². The normalized spacial score (nSPS) is 20.7. The van der Waals surface area contributed by atoms with Crippen molar-refractivity contribution in [2.24, 2.45) is 5.41 Å². The molecule has 0 radical (unpaired) electrons. The van der Waals surface area contributed by atoms with Crippen LogP contribution < -0.4 is 5.32 Å². The lowest BCUT2D eigenvalue weighted by Crippen LogP contribution is -2.47. The zero-order valence-electron chi connectivity index (χ0n) is 16.0. The molecule has 1 aromatic heterocycles. The van der Waals surface area contributed by atoms with Crippen molar-refractivity contribution in [3.8, 4) is 0 Å². The first kappa shape index (κ1) is 19.1. The molecule has 1 amide bonds. The molecule has 0 spiro atoms. The Hall–Kier alpha value is -2.63. The first-order valence-electron chi connectivity index (χ1n) is 8.96. The smallest absolute Gasteiger partial charge is 0.408 e. The molecule has 144 valence electrons. The number of furan rings is 1. The van der Waals surface area contributed by atoms with E-state index >= 15 is 0 Å². The maximum atomic E-state index is 13.4. The van der Waals surface area contributed by atoms with Crippen LogP contribution in [0.4, 0.5) is 9.18 Å². The number of hydrogen-bond acceptors (Lipinski definition) is 4. The van der Waals surface area contributed by atoms with Gasteiger partial charge in [0, 0.05) is 6.42 Å². The highest BCUT2D eigenvalue weighted by Crippen LogP contribution is 2.45. The molecule has 0 saturated heterocycles. The van der Waals surface area contributed by atoms with E-state index in [1.807, 2.05) is 6.92 Å². The summed E-state index contributed by atoms with van der Waals surface area (Å²) in [7, 11) is 0. The predicted octanol–water partition coefficient (Wildman–Crippen LogP) is 4.82. The molecule has 3 rings (SSSR count). The maximum absolute atomic E-state index is 13.4. The van der Waals surface area contributed by atoms with E-state index in [0.717, 1.165) is 0 Å². The van der Waals surface area contributed by atoms with Crippen LogP contribution in [0.5, 0.6) is 0 Å². The third kappa shape index (κ3) is 3.89. The van der Waals surface area contributed by atoms with Crippen LogP contribution in [-0.2, 0) is 11.2 Å². The topological polar surface area (TPSA) is 68.5 Å². The number of nitrogens with one attached hydrogen (secondary N) is 1. The highest BCUT2D eigenvalue weighted by molar-refractivity contribution is 6.02. The number of benzene rings is 1. The summed E-state index contributed by atoms with van der Waals surface area (Å²) < 4.78 is 24.2. The number of halogens is 1. The van der Waals surface area contributed by atoms with Gasteiger partial charge in [0.05, 0.1) is 23.3 Å². The van der Waals surface area contributed by atoms with Crippen molar-refractivity contribution >= 4 is 11.9 Å². The Balaban J connectivity index is 1.98. The molecule has 0 aliphatic heterocycles. The molecular formula is C21H24FNO4. The Labute approximate surface area is 157 Å². The number of ketones is 1. The first-order valence-corrected chi connectivity index (χ1v) is 8.96. The van der Waals surface area contributed by atoms with Crippen molar-refractivity contribution in [1.82, 2.24) is 5.32 Å². The molecule has 1 aromatic carbocycles. The molecule has 27 heavy (non-hydrogen) atoms. The number of aryl methyl sites for hydroxylation is 1. The van der Waals surface area contributed by atoms with Crippen molar-refractivity contribution in [1.29, 1.82) is 0 Å². The standard InChI is InChI=1S/C21H24FNO4/c1-20(2,3)27-19(25)23-17(13-5-7-14(22)8-6-13)21(4)11-9-16-15(18(21)24)10-12-26-16/h5-8,10,12,17H,9,11H2,1-4H3,(H,23,25)/t17-,21+/m0/s1. The monoisotopic (exact) mass is 373 g/mol. The lowest BCUT2D eigenvalue weighted by molar-refractivity contribution is 0.0422. The Bertz CT molecular complexity index is 850. The first-order chi connectivity index (χ1) is 12.6. The third-order valence-electron chi connectivity index (χ3n) is 4.88. The molecule has 0 bridgehead atoms. The van der Waals surface area contributed by atoms with Crippen molar-refractivity contribution in [2.75, 3.05) is 0 Å². The van der Waals surface area contributed by atoms with E-state index in [9.17, 15) is 14.0 Å². The summed E-state index contributed by atoms with van der Waals surface area (Å²) in [6, 6.07) is 6.80. The fourth-order valence-electron chi connectivity index (χ4n) is 3.50. The van der Waals surface area contributed by atoms with Gasteiger partial charge in [0.25, 0.3) is 0 Å². The summed E-state index contributed by atoms with van der Waals surface area (Å²) in [5.41, 5.74) is -0.412. The van der Waals surface area contributed by atoms with Gasteiger partial charge in [0.2, 0.25) is 0 Å². The largest absolute Gasteiger partial charge is 0.469 e. The fourth-order valence-corrected chi connectivity index (χ4v) is 3.50. The fraction of sp³-hybridized carbons (Fsp3) is 0.429. The molecule has 2 atom stereocenters. The number of carbonyl (C=O) groups is 2. The summed E-state index contributed by atoms with van der Waals surface area (Å²) in [4.78, 5) is 25.7. The van der Waals surface area contributed by atoms with E-state index in [-0.39, 0.29) is 11.6 Å². The van der Waals surface area contributed by atoms with Gasteiger partial charge in [-0.05, 0) is 57.9 Å². The number of hydrogen-bond donors (Lipinski definition) is 1. The SMILES string of the molecule is CC(C)(C)OC(=O)N[C@@H](c1ccc(F)cc1)[C@@]1(C)CCc2occc2C1=O. The molecular weight excluding hydrogens is 349 g/mol. The zero-order valence-corrected chi connectivity index (χ0v) is 16.0. The lowest BCUT2D eigenvalue weighted by Gasteiger charge is -2.39. The number of Topliss-reactive ketones (excluding diaryl/α,β-unsaturated/α-hetero) is 1. The lowest BCUT2D eigenvalue weighted by atomic mass is 9.67. The van der Waals surface area contributed by atoms with Crippen molar-refractivity contribution < 1.29 is 23.1 Å². The summed E-state index contributed by atoms with van der Waals surface area (Å²) >= 11 is 0. The quantitative estimate of drug-likeness (QED) is 0.837. The van der Waals surface area contributed by atoms with Gasteiger partial charge in [-0.1, -0.05) is 12.1 Å². The Morgan fingerprint density at radius 1 is 1.26 bits per heavy atom. The second kappa shape index (κ2) is 6.83. The minimum absolute atomic E-state index is 0.108. The average molecular weight is 373 g/mol. The Kier molecular flexibility index (Phi) is 4.84. The molecule has 1 N–H and O–H groups in total. The van der Waals surface area contributed by atoms with Gasteiger partial charge in [-0.2, -0.15) is 0 Å². The van der Waals surface area contributed by atoms with Crippen molar-refractivity contribution in [3.63, 3.8) is 0 Å². The molecule has 0 unspecified atom stereocenters. The van der Waals surface area contributed by atoms with Crippen LogP contribution in [-0.4, -0.2) is 17.5 Å². The molecule has 1 heterocycles. The maximum Gasteiger partial charge on any atom is 0.408 e. The Morgan fingerprint density at radius 2 is 1.93 bits per heavy atom. The summed E-state index contributed by atoms with van der Waals surface area (Å²) in [5, 5.41) is 2.84. The average Bonchev–Trinajstić information content (AvgIpc) is 3.05. The molecule has 1 aliphatic carbocycles. The number of rotatable bonds is 3. The molecule has 0 saturated carbocycles. The highest BCUT2D eigenvalue weighted by Gasteiger charge is 2.47. The van der Waals surface area contributed by atoms with E-state index in [2.05, 4.69) is 5.32 Å². The van der Waals surface area contributed by atoms with E-state index in [0.29, 0.717) is 29.7 Å². The zero-order chi connectivity index (χ0) is 19.8. The molecule has 5 nitrogen and oxygen atoms in total. The summed E-state index contributed by atoms with van der Waals surface area (Å²) in [6.45, 7) is 7.12. The van der Waals surface area contributed by atoms with Gasteiger partial charge >= 0.3 is 6.09 Å². The van der Waals surface area contributed by atoms with Gasteiger partial charge in [-0.15, -0.1) is 0 Å². The van der Waals surface area contributed by atoms with Crippen LogP contribution in [0, 0.1) is 11.2 Å². The van der Waals surface area contributed by atoms with Crippen LogP contribution >= 0.6 is 0 Å². The molecule has 1 aliphatic rings. The number of ether oxygens (including phenoxy) is 1. The van der Waals surface area contributed by atoms with Gasteiger partial charge in [0.15, 0.2) is 5.78 Å². The summed E-state index contributed by atoms with van der Waals surface area (Å²) in [5.74, 6) is 0.169. The number of fused-ring (bicyclic) bond motifs is 1. The molecule has 0 fully saturated rings. The van der Waals surface area contributed by atoms with Crippen LogP contribution in [0.3, 0.4) is 0 Å². The van der Waals surface area contributed by atoms with Crippen LogP contribution in [0.1, 0.15) is 61.8 Å². The number of alkyl carbamates (subject to hydrolysis) is 1. The van der Waals surface area contributed by atoms with E-state index < -0.39 is 23.2 Å². The van der Waals surface area contributed by atoms with Crippen molar-refractivity contribution in [2.45, 2.75) is 52.2 Å². The second-order valence-corrected chi connectivity index (χ2v) is 8.13. The third-order valence-corrected chi connectivity index (χ3v) is 4.88.